The number of likely N-dealkylation sites (tertiary alicyclic amines) is 1. The van der Waals surface area contributed by atoms with Gasteiger partial charge in [-0.05, 0) is 44.1 Å². The van der Waals surface area contributed by atoms with Crippen LogP contribution in [0.2, 0.25) is 5.02 Å². The van der Waals surface area contributed by atoms with Gasteiger partial charge in [-0.25, -0.2) is 0 Å². The highest BCUT2D eigenvalue weighted by Gasteiger charge is 2.33. The Morgan fingerprint density at radius 3 is 2.80 bits per heavy atom. The summed E-state index contributed by atoms with van der Waals surface area (Å²) < 4.78 is 38.4. The van der Waals surface area contributed by atoms with Gasteiger partial charge in [0.2, 0.25) is 0 Å². The van der Waals surface area contributed by atoms with Crippen LogP contribution in [-0.4, -0.2) is 31.1 Å². The summed E-state index contributed by atoms with van der Waals surface area (Å²) in [5.41, 5.74) is -0.0997. The van der Waals surface area contributed by atoms with Crippen LogP contribution in [0.3, 0.4) is 0 Å². The second-order valence-corrected chi connectivity index (χ2v) is 5.58. The highest BCUT2D eigenvalue weighted by atomic mass is 35.5. The summed E-state index contributed by atoms with van der Waals surface area (Å²) in [5.74, 6) is 0. The number of nitrogens with zero attached hydrogens (tertiary/aromatic N) is 1. The van der Waals surface area contributed by atoms with Crippen LogP contribution >= 0.6 is 11.6 Å². The monoisotopic (exact) mass is 306 g/mol. The summed E-state index contributed by atoms with van der Waals surface area (Å²) in [6, 6.07) is 4.57. The lowest BCUT2D eigenvalue weighted by molar-refractivity contribution is -0.137. The predicted octanol–water partition coefficient (Wildman–Crippen LogP) is 3.54. The zero-order chi connectivity index (χ0) is 14.8. The molecule has 2 rings (SSSR count). The van der Waals surface area contributed by atoms with Gasteiger partial charge in [0.1, 0.15) is 0 Å². The van der Waals surface area contributed by atoms with Gasteiger partial charge in [0.25, 0.3) is 0 Å². The Labute approximate surface area is 121 Å². The van der Waals surface area contributed by atoms with Crippen LogP contribution < -0.4 is 5.32 Å². The number of piperidine rings is 1. The number of nitrogens with one attached hydrogen (secondary N) is 1. The van der Waals surface area contributed by atoms with Gasteiger partial charge in [-0.15, -0.1) is 0 Å². The third-order valence-corrected chi connectivity index (χ3v) is 3.99. The molecule has 0 amide bonds. The molecule has 112 valence electrons. The zero-order valence-corrected chi connectivity index (χ0v) is 12.1. The average molecular weight is 307 g/mol. The molecule has 1 heterocycles. The van der Waals surface area contributed by atoms with E-state index >= 15 is 0 Å². The van der Waals surface area contributed by atoms with Crippen LogP contribution in [0.5, 0.6) is 0 Å². The third kappa shape index (κ3) is 3.87. The number of benzene rings is 1. The maximum absolute atomic E-state index is 12.8. The van der Waals surface area contributed by atoms with Crippen molar-refractivity contribution in [1.82, 2.24) is 10.2 Å². The Balaban J connectivity index is 2.10. The number of hydrogen-bond donors (Lipinski definition) is 1. The summed E-state index contributed by atoms with van der Waals surface area (Å²) >= 11 is 5.63. The maximum atomic E-state index is 12.8. The van der Waals surface area contributed by atoms with Crippen molar-refractivity contribution in [3.63, 3.8) is 0 Å². The predicted molar refractivity (Wildman–Crippen MR) is 73.8 cm³/mol. The molecule has 1 N–H and O–H groups in total. The Hall–Kier alpha value is -0.780. The maximum Gasteiger partial charge on any atom is 0.417 e. The molecule has 6 heteroatoms. The lowest BCUT2D eigenvalue weighted by Gasteiger charge is -2.32. The summed E-state index contributed by atoms with van der Waals surface area (Å²) in [4.78, 5) is 2.17. The summed E-state index contributed by atoms with van der Waals surface area (Å²) in [6.07, 6.45) is -2.23. The lowest BCUT2D eigenvalue weighted by Crippen LogP contribution is -2.43. The standard InChI is InChI=1S/C14H18ClF3N2/c1-19-11-3-2-6-20(9-11)8-10-4-5-13(15)12(7-10)14(16,17)18/h4-5,7,11,19H,2-3,6,8-9H2,1H3. The molecule has 20 heavy (non-hydrogen) atoms. The van der Waals surface area contributed by atoms with Crippen LogP contribution in [0.4, 0.5) is 13.2 Å². The van der Waals surface area contributed by atoms with E-state index in [9.17, 15) is 13.2 Å². The number of halogens is 4. The number of rotatable bonds is 3. The molecule has 0 saturated carbocycles. The average Bonchev–Trinajstić information content (AvgIpc) is 2.40. The van der Waals surface area contributed by atoms with E-state index in [0.29, 0.717) is 18.2 Å². The molecule has 1 aliphatic rings. The van der Waals surface area contributed by atoms with Crippen molar-refractivity contribution in [2.24, 2.45) is 0 Å². The molecule has 1 aromatic rings. The summed E-state index contributed by atoms with van der Waals surface area (Å²) in [6.45, 7) is 2.31. The quantitative estimate of drug-likeness (QED) is 0.919. The van der Waals surface area contributed by atoms with Crippen molar-refractivity contribution in [2.45, 2.75) is 31.6 Å². The van der Waals surface area contributed by atoms with Crippen LogP contribution in [0.15, 0.2) is 18.2 Å². The van der Waals surface area contributed by atoms with E-state index in [2.05, 4.69) is 10.2 Å². The Bertz CT molecular complexity index is 462. The molecule has 0 aliphatic carbocycles. The molecule has 0 aromatic heterocycles. The highest BCUT2D eigenvalue weighted by Crippen LogP contribution is 2.35. The van der Waals surface area contributed by atoms with Gasteiger partial charge in [0.05, 0.1) is 10.6 Å². The van der Waals surface area contributed by atoms with Gasteiger partial charge in [0.15, 0.2) is 0 Å². The van der Waals surface area contributed by atoms with Crippen LogP contribution in [0.1, 0.15) is 24.0 Å². The summed E-state index contributed by atoms with van der Waals surface area (Å²) in [7, 11) is 1.91. The van der Waals surface area contributed by atoms with Crippen molar-refractivity contribution in [3.8, 4) is 0 Å². The first-order valence-electron chi connectivity index (χ1n) is 6.65. The third-order valence-electron chi connectivity index (χ3n) is 3.66. The molecule has 2 nitrogen and oxygen atoms in total. The fourth-order valence-electron chi connectivity index (χ4n) is 2.58. The second-order valence-electron chi connectivity index (χ2n) is 5.17. The number of likely N-dealkylation sites (N-methyl/N-ethyl adjacent to an activating group) is 1. The minimum absolute atomic E-state index is 0.243. The molecular formula is C14H18ClF3N2. The fourth-order valence-corrected chi connectivity index (χ4v) is 2.81. The molecule has 1 aromatic carbocycles. The van der Waals surface area contributed by atoms with E-state index in [0.717, 1.165) is 32.0 Å². The SMILES string of the molecule is CNC1CCCN(Cc2ccc(Cl)c(C(F)(F)F)c2)C1. The summed E-state index contributed by atoms with van der Waals surface area (Å²) in [5, 5.41) is 2.98. The van der Waals surface area contributed by atoms with Crippen LogP contribution in [0, 0.1) is 0 Å². The first kappa shape index (κ1) is 15.6. The van der Waals surface area contributed by atoms with Gasteiger partial charge in [-0.1, -0.05) is 17.7 Å². The van der Waals surface area contributed by atoms with Crippen molar-refractivity contribution in [3.05, 3.63) is 34.3 Å². The first-order valence-corrected chi connectivity index (χ1v) is 7.03. The van der Waals surface area contributed by atoms with Gasteiger partial charge >= 0.3 is 6.18 Å². The van der Waals surface area contributed by atoms with E-state index in [4.69, 9.17) is 11.6 Å². The van der Waals surface area contributed by atoms with Crippen molar-refractivity contribution in [2.75, 3.05) is 20.1 Å². The molecule has 1 atom stereocenters. The van der Waals surface area contributed by atoms with Gasteiger partial charge in [0, 0.05) is 19.1 Å². The molecule has 1 aliphatic heterocycles. The largest absolute Gasteiger partial charge is 0.417 e. The Morgan fingerprint density at radius 2 is 2.15 bits per heavy atom. The Morgan fingerprint density at radius 1 is 1.40 bits per heavy atom. The van der Waals surface area contributed by atoms with Crippen molar-refractivity contribution < 1.29 is 13.2 Å². The normalized spacial score (nSPS) is 21.1. The van der Waals surface area contributed by atoms with Crippen molar-refractivity contribution >= 4 is 11.6 Å². The molecular weight excluding hydrogens is 289 g/mol. The van der Waals surface area contributed by atoms with Crippen LogP contribution in [0.25, 0.3) is 0 Å². The van der Waals surface area contributed by atoms with Gasteiger partial charge in [-0.2, -0.15) is 13.2 Å². The molecule has 1 fully saturated rings. The minimum Gasteiger partial charge on any atom is -0.316 e. The minimum atomic E-state index is -4.40. The molecule has 0 bridgehead atoms. The number of hydrogen-bond acceptors (Lipinski definition) is 2. The number of alkyl halides is 3. The molecule has 0 radical (unpaired) electrons. The van der Waals surface area contributed by atoms with Crippen molar-refractivity contribution in [1.29, 1.82) is 0 Å². The second kappa shape index (κ2) is 6.33. The van der Waals surface area contributed by atoms with E-state index in [1.165, 1.54) is 6.07 Å². The van der Waals surface area contributed by atoms with E-state index < -0.39 is 11.7 Å². The smallest absolute Gasteiger partial charge is 0.316 e. The van der Waals surface area contributed by atoms with E-state index in [1.54, 1.807) is 6.07 Å². The molecule has 0 spiro atoms. The highest BCUT2D eigenvalue weighted by molar-refractivity contribution is 6.31. The first-order chi connectivity index (χ1) is 9.40. The lowest BCUT2D eigenvalue weighted by atomic mass is 10.0. The van der Waals surface area contributed by atoms with Crippen LogP contribution in [-0.2, 0) is 12.7 Å². The topological polar surface area (TPSA) is 15.3 Å². The van der Waals surface area contributed by atoms with Gasteiger partial charge in [-0.3, -0.25) is 4.90 Å². The molecule has 1 saturated heterocycles. The molecule has 1 unspecified atom stereocenters. The van der Waals surface area contributed by atoms with E-state index in [-0.39, 0.29) is 5.02 Å². The zero-order valence-electron chi connectivity index (χ0n) is 11.3. The van der Waals surface area contributed by atoms with E-state index in [1.807, 2.05) is 7.05 Å². The van der Waals surface area contributed by atoms with Gasteiger partial charge < -0.3 is 5.32 Å². The Kier molecular flexibility index (Phi) is 4.94. The fraction of sp³-hybridized carbons (Fsp3) is 0.571.